The Bertz CT molecular complexity index is 942. The quantitative estimate of drug-likeness (QED) is 0.531. The molecule has 3 rings (SSSR count). The molecule has 7 nitrogen and oxygen atoms in total. The molecule has 8 heteroatoms. The van der Waals surface area contributed by atoms with Crippen LogP contribution in [0.1, 0.15) is 16.1 Å². The first kappa shape index (κ1) is 16.0. The van der Waals surface area contributed by atoms with Crippen molar-refractivity contribution in [2.24, 2.45) is 0 Å². The topological polar surface area (TPSA) is 107 Å². The van der Waals surface area contributed by atoms with Gasteiger partial charge in [0.15, 0.2) is 0 Å². The van der Waals surface area contributed by atoms with Gasteiger partial charge in [0.25, 0.3) is 15.9 Å². The summed E-state index contributed by atoms with van der Waals surface area (Å²) in [5.41, 5.74) is 4.94. The Morgan fingerprint density at radius 1 is 1.00 bits per heavy atom. The Labute approximate surface area is 139 Å². The zero-order valence-electron chi connectivity index (χ0n) is 12.8. The second kappa shape index (κ2) is 6.34. The van der Waals surface area contributed by atoms with Crippen LogP contribution in [0.15, 0.2) is 59.6 Å². The number of nitrogens with one attached hydrogen (secondary N) is 4. The number of hydrogen-bond donors (Lipinski definition) is 4. The van der Waals surface area contributed by atoms with Crippen LogP contribution in [0.5, 0.6) is 0 Å². The first-order valence-electron chi connectivity index (χ1n) is 7.17. The van der Waals surface area contributed by atoms with Gasteiger partial charge in [-0.1, -0.05) is 17.7 Å². The molecule has 0 atom stereocenters. The Morgan fingerprint density at radius 2 is 1.75 bits per heavy atom. The number of hydrazine groups is 1. The van der Waals surface area contributed by atoms with Crippen molar-refractivity contribution in [3.05, 3.63) is 66.0 Å². The summed E-state index contributed by atoms with van der Waals surface area (Å²) in [6.07, 6.45) is 1.77. The summed E-state index contributed by atoms with van der Waals surface area (Å²) in [6.45, 7) is 1.86. The van der Waals surface area contributed by atoms with Crippen molar-refractivity contribution < 1.29 is 13.2 Å². The molecule has 4 N–H and O–H groups in total. The number of hydrogen-bond acceptors (Lipinski definition) is 3. The second-order valence-electron chi connectivity index (χ2n) is 5.24. The van der Waals surface area contributed by atoms with E-state index >= 15 is 0 Å². The van der Waals surface area contributed by atoms with Crippen LogP contribution in [0.3, 0.4) is 0 Å². The molecule has 0 saturated heterocycles. The highest BCUT2D eigenvalue weighted by Gasteiger charge is 2.16. The van der Waals surface area contributed by atoms with Gasteiger partial charge < -0.3 is 9.97 Å². The normalized spacial score (nSPS) is 11.4. The van der Waals surface area contributed by atoms with Gasteiger partial charge in [0, 0.05) is 6.20 Å². The van der Waals surface area contributed by atoms with E-state index in [0.29, 0.717) is 0 Å². The van der Waals surface area contributed by atoms with Crippen LogP contribution in [-0.2, 0) is 10.0 Å². The highest BCUT2D eigenvalue weighted by atomic mass is 32.2. The van der Waals surface area contributed by atoms with Crippen molar-refractivity contribution >= 4 is 15.9 Å². The maximum atomic E-state index is 12.1. The van der Waals surface area contributed by atoms with Gasteiger partial charge in [-0.25, -0.2) is 8.42 Å². The maximum absolute atomic E-state index is 12.1. The number of aryl methyl sites for hydroxylation is 1. The minimum absolute atomic E-state index is 0.0759. The van der Waals surface area contributed by atoms with E-state index in [2.05, 4.69) is 20.2 Å². The lowest BCUT2D eigenvalue weighted by Crippen LogP contribution is -2.41. The standard InChI is InChI=1S/C16H16N4O3S/c1-11-4-6-12(7-5-11)24(22,23)20-19-16(21)15-9-8-14(18-15)13-3-2-10-17-13/h2-10,17-18,20H,1H3,(H,19,21). The van der Waals surface area contributed by atoms with E-state index in [1.54, 1.807) is 30.5 Å². The average molecular weight is 344 g/mol. The molecule has 0 spiro atoms. The van der Waals surface area contributed by atoms with Crippen LogP contribution < -0.4 is 10.3 Å². The molecule has 0 unspecified atom stereocenters. The first-order chi connectivity index (χ1) is 11.5. The van der Waals surface area contributed by atoms with Gasteiger partial charge >= 0.3 is 0 Å². The van der Waals surface area contributed by atoms with Gasteiger partial charge in [-0.2, -0.15) is 0 Å². The number of aromatic nitrogens is 2. The molecule has 0 bridgehead atoms. The molecular formula is C16H16N4O3S. The van der Waals surface area contributed by atoms with Gasteiger partial charge in [0.05, 0.1) is 16.3 Å². The molecule has 1 amide bonds. The third kappa shape index (κ3) is 3.39. The van der Waals surface area contributed by atoms with Crippen LogP contribution in [0.25, 0.3) is 11.4 Å². The summed E-state index contributed by atoms with van der Waals surface area (Å²) < 4.78 is 24.3. The zero-order chi connectivity index (χ0) is 17.2. The van der Waals surface area contributed by atoms with E-state index in [4.69, 9.17) is 0 Å². The lowest BCUT2D eigenvalue weighted by atomic mass is 10.2. The van der Waals surface area contributed by atoms with Crippen molar-refractivity contribution in [2.75, 3.05) is 0 Å². The fourth-order valence-electron chi connectivity index (χ4n) is 2.14. The predicted molar refractivity (Wildman–Crippen MR) is 89.5 cm³/mol. The van der Waals surface area contributed by atoms with Gasteiger partial charge in [0.2, 0.25) is 0 Å². The van der Waals surface area contributed by atoms with E-state index in [0.717, 1.165) is 17.0 Å². The number of sulfonamides is 1. The van der Waals surface area contributed by atoms with E-state index in [9.17, 15) is 13.2 Å². The Balaban J connectivity index is 1.68. The molecule has 0 saturated carbocycles. The third-order valence-corrected chi connectivity index (χ3v) is 4.71. The van der Waals surface area contributed by atoms with Crippen molar-refractivity contribution in [1.29, 1.82) is 0 Å². The van der Waals surface area contributed by atoms with Crippen LogP contribution in [0, 0.1) is 6.92 Å². The monoisotopic (exact) mass is 344 g/mol. The average Bonchev–Trinajstić information content (AvgIpc) is 3.24. The highest BCUT2D eigenvalue weighted by Crippen LogP contribution is 2.16. The Morgan fingerprint density at radius 3 is 2.42 bits per heavy atom. The molecule has 3 aromatic rings. The van der Waals surface area contributed by atoms with Gasteiger partial charge in [0.1, 0.15) is 5.69 Å². The van der Waals surface area contributed by atoms with Crippen molar-refractivity contribution in [3.8, 4) is 11.4 Å². The SMILES string of the molecule is Cc1ccc(S(=O)(=O)NNC(=O)c2ccc(-c3ccc[nH]3)[nH]2)cc1. The summed E-state index contributed by atoms with van der Waals surface area (Å²) in [5, 5.41) is 0. The number of benzene rings is 1. The van der Waals surface area contributed by atoms with E-state index in [1.807, 2.05) is 19.1 Å². The number of rotatable bonds is 5. The highest BCUT2D eigenvalue weighted by molar-refractivity contribution is 7.89. The van der Waals surface area contributed by atoms with E-state index in [1.165, 1.54) is 12.1 Å². The molecule has 24 heavy (non-hydrogen) atoms. The molecule has 1 aromatic carbocycles. The lowest BCUT2D eigenvalue weighted by molar-refractivity contribution is 0.0941. The third-order valence-electron chi connectivity index (χ3n) is 3.45. The maximum Gasteiger partial charge on any atom is 0.282 e. The Hall–Kier alpha value is -2.84. The molecule has 124 valence electrons. The van der Waals surface area contributed by atoms with Gasteiger partial charge in [-0.15, -0.1) is 4.83 Å². The summed E-state index contributed by atoms with van der Waals surface area (Å²) in [4.78, 5) is 20.2. The van der Waals surface area contributed by atoms with Crippen LogP contribution in [0.2, 0.25) is 0 Å². The summed E-state index contributed by atoms with van der Waals surface area (Å²) in [5.74, 6) is -0.580. The number of carbonyl (C=O) groups is 1. The minimum Gasteiger partial charge on any atom is -0.360 e. The Kier molecular flexibility index (Phi) is 4.24. The lowest BCUT2D eigenvalue weighted by Gasteiger charge is -2.08. The van der Waals surface area contributed by atoms with Gasteiger partial charge in [-0.05, 0) is 43.3 Å². The smallest absolute Gasteiger partial charge is 0.282 e. The second-order valence-corrected chi connectivity index (χ2v) is 6.92. The molecule has 0 radical (unpaired) electrons. The fourth-order valence-corrected chi connectivity index (χ4v) is 2.98. The van der Waals surface area contributed by atoms with Crippen molar-refractivity contribution in [1.82, 2.24) is 20.2 Å². The van der Waals surface area contributed by atoms with E-state index < -0.39 is 15.9 Å². The molecule has 0 aliphatic carbocycles. The number of H-pyrrole nitrogens is 2. The predicted octanol–water partition coefficient (Wildman–Crippen LogP) is 1.94. The van der Waals surface area contributed by atoms with Crippen LogP contribution >= 0.6 is 0 Å². The molecule has 0 aliphatic heterocycles. The molecule has 0 aliphatic rings. The molecule has 2 heterocycles. The van der Waals surface area contributed by atoms with Crippen LogP contribution in [0.4, 0.5) is 0 Å². The summed E-state index contributed by atoms with van der Waals surface area (Å²) in [7, 11) is -3.82. The van der Waals surface area contributed by atoms with Crippen LogP contribution in [-0.4, -0.2) is 24.3 Å². The van der Waals surface area contributed by atoms with Crippen molar-refractivity contribution in [2.45, 2.75) is 11.8 Å². The molecule has 2 aromatic heterocycles. The minimum atomic E-state index is -3.82. The zero-order valence-corrected chi connectivity index (χ0v) is 13.6. The summed E-state index contributed by atoms with van der Waals surface area (Å²) in [6, 6.07) is 13.3. The number of aromatic amines is 2. The fraction of sp³-hybridized carbons (Fsp3) is 0.0625. The first-order valence-corrected chi connectivity index (χ1v) is 8.65. The largest absolute Gasteiger partial charge is 0.360 e. The van der Waals surface area contributed by atoms with E-state index in [-0.39, 0.29) is 10.6 Å². The number of amides is 1. The molecule has 0 fully saturated rings. The molecular weight excluding hydrogens is 328 g/mol. The summed E-state index contributed by atoms with van der Waals surface area (Å²) >= 11 is 0. The number of carbonyl (C=O) groups excluding carboxylic acids is 1. The van der Waals surface area contributed by atoms with Gasteiger partial charge in [-0.3, -0.25) is 10.2 Å². The van der Waals surface area contributed by atoms with Crippen molar-refractivity contribution in [3.63, 3.8) is 0 Å².